The second-order valence-electron chi connectivity index (χ2n) is 4.11. The van der Waals surface area contributed by atoms with Gasteiger partial charge in [0.2, 0.25) is 0 Å². The van der Waals surface area contributed by atoms with Gasteiger partial charge in [-0.25, -0.2) is 0 Å². The number of ether oxygens (including phenoxy) is 1. The van der Waals surface area contributed by atoms with Crippen molar-refractivity contribution in [3.8, 4) is 22.6 Å². The van der Waals surface area contributed by atoms with Crippen LogP contribution < -0.4 is 10.5 Å². The van der Waals surface area contributed by atoms with Gasteiger partial charge in [-0.1, -0.05) is 6.92 Å². The molecule has 0 saturated heterocycles. The highest BCUT2D eigenvalue weighted by Crippen LogP contribution is 2.40. The van der Waals surface area contributed by atoms with Gasteiger partial charge in [0, 0.05) is 18.2 Å². The summed E-state index contributed by atoms with van der Waals surface area (Å²) in [5, 5.41) is 14.3. The molecule has 2 rings (SSSR count). The van der Waals surface area contributed by atoms with Gasteiger partial charge in [0.1, 0.15) is 5.82 Å². The van der Waals surface area contributed by atoms with Gasteiger partial charge in [0.05, 0.1) is 13.3 Å². The normalized spacial score (nSPS) is 10.6. The van der Waals surface area contributed by atoms with Crippen molar-refractivity contribution < 1.29 is 9.84 Å². The maximum atomic E-state index is 10.2. The molecule has 96 valence electrons. The molecular formula is C13H17N3O2. The number of anilines is 1. The Balaban J connectivity index is 2.66. The molecule has 3 N–H and O–H groups in total. The minimum atomic E-state index is 0.0920. The summed E-state index contributed by atoms with van der Waals surface area (Å²) < 4.78 is 6.75. The van der Waals surface area contributed by atoms with Gasteiger partial charge in [-0.3, -0.25) is 4.68 Å². The number of rotatable bonds is 3. The van der Waals surface area contributed by atoms with Crippen molar-refractivity contribution in [2.45, 2.75) is 13.3 Å². The van der Waals surface area contributed by atoms with E-state index in [1.165, 1.54) is 7.11 Å². The van der Waals surface area contributed by atoms with Crippen LogP contribution in [0, 0.1) is 0 Å². The number of phenolic OH excluding ortho intramolecular Hbond substituents is 1. The van der Waals surface area contributed by atoms with E-state index in [0.717, 1.165) is 12.0 Å². The number of nitrogens with two attached hydrogens (primary N) is 1. The Morgan fingerprint density at radius 3 is 2.61 bits per heavy atom. The lowest BCUT2D eigenvalue weighted by molar-refractivity contribution is 0.374. The zero-order valence-electron chi connectivity index (χ0n) is 10.8. The van der Waals surface area contributed by atoms with Crippen LogP contribution in [0.15, 0.2) is 18.3 Å². The Bertz CT molecular complexity index is 576. The van der Waals surface area contributed by atoms with Crippen LogP contribution in [-0.2, 0) is 13.5 Å². The van der Waals surface area contributed by atoms with E-state index in [4.69, 9.17) is 10.5 Å². The van der Waals surface area contributed by atoms with Crippen LogP contribution in [-0.4, -0.2) is 22.0 Å². The Labute approximate surface area is 106 Å². The quantitative estimate of drug-likeness (QED) is 0.869. The number of aromatic hydroxyl groups is 1. The number of methoxy groups -OCH3 is 1. The number of hydrogen-bond donors (Lipinski definition) is 2. The first-order valence-corrected chi connectivity index (χ1v) is 5.76. The number of aromatic nitrogens is 2. The summed E-state index contributed by atoms with van der Waals surface area (Å²) in [6.07, 6.45) is 2.49. The first kappa shape index (κ1) is 12.3. The zero-order chi connectivity index (χ0) is 13.3. The molecule has 0 radical (unpaired) electrons. The number of nitrogens with zero attached hydrogens (tertiary/aromatic N) is 2. The van der Waals surface area contributed by atoms with Crippen molar-refractivity contribution in [3.63, 3.8) is 0 Å². The summed E-state index contributed by atoms with van der Waals surface area (Å²) in [5.41, 5.74) is 8.37. The zero-order valence-corrected chi connectivity index (χ0v) is 10.8. The molecule has 0 aliphatic rings. The predicted octanol–water partition coefficient (Wildman–Crippen LogP) is 1.95. The average molecular weight is 247 g/mol. The molecule has 0 saturated carbocycles. The molecule has 0 aliphatic carbocycles. The van der Waals surface area contributed by atoms with Crippen molar-refractivity contribution in [1.29, 1.82) is 0 Å². The molecule has 5 heteroatoms. The molecule has 1 aromatic heterocycles. The first-order chi connectivity index (χ1) is 8.58. The Hall–Kier alpha value is -2.17. The summed E-state index contributed by atoms with van der Waals surface area (Å²) in [5.74, 6) is 1.06. The number of benzene rings is 1. The minimum absolute atomic E-state index is 0.0920. The molecule has 0 atom stereocenters. The largest absolute Gasteiger partial charge is 0.504 e. The Morgan fingerprint density at radius 2 is 2.11 bits per heavy atom. The van der Waals surface area contributed by atoms with Gasteiger partial charge >= 0.3 is 0 Å². The average Bonchev–Trinajstić information content (AvgIpc) is 2.70. The maximum Gasteiger partial charge on any atom is 0.165 e. The summed E-state index contributed by atoms with van der Waals surface area (Å²) >= 11 is 0. The topological polar surface area (TPSA) is 73.3 Å². The smallest absolute Gasteiger partial charge is 0.165 e. The third-order valence-electron chi connectivity index (χ3n) is 3.04. The second-order valence-corrected chi connectivity index (χ2v) is 4.11. The summed E-state index contributed by atoms with van der Waals surface area (Å²) in [4.78, 5) is 0. The van der Waals surface area contributed by atoms with Crippen LogP contribution in [0.3, 0.4) is 0 Å². The number of aryl methyl sites for hydroxylation is 2. The highest BCUT2D eigenvalue weighted by atomic mass is 16.5. The van der Waals surface area contributed by atoms with Crippen LogP contribution in [0.25, 0.3) is 11.1 Å². The third-order valence-corrected chi connectivity index (χ3v) is 3.04. The van der Waals surface area contributed by atoms with Gasteiger partial charge in [-0.15, -0.1) is 0 Å². The van der Waals surface area contributed by atoms with Crippen molar-refractivity contribution in [2.24, 2.45) is 7.05 Å². The van der Waals surface area contributed by atoms with E-state index >= 15 is 0 Å². The first-order valence-electron chi connectivity index (χ1n) is 5.76. The summed E-state index contributed by atoms with van der Waals surface area (Å²) in [6.45, 7) is 2.04. The summed E-state index contributed by atoms with van der Waals surface area (Å²) in [7, 11) is 3.29. The molecular weight excluding hydrogens is 230 g/mol. The molecule has 0 aliphatic heterocycles. The van der Waals surface area contributed by atoms with Crippen molar-refractivity contribution in [3.05, 3.63) is 23.9 Å². The predicted molar refractivity (Wildman–Crippen MR) is 70.7 cm³/mol. The highest BCUT2D eigenvalue weighted by Gasteiger charge is 2.16. The monoisotopic (exact) mass is 247 g/mol. The van der Waals surface area contributed by atoms with E-state index in [-0.39, 0.29) is 5.75 Å². The van der Waals surface area contributed by atoms with Gasteiger partial charge in [-0.2, -0.15) is 5.10 Å². The van der Waals surface area contributed by atoms with Crippen LogP contribution in [0.2, 0.25) is 0 Å². The standard InChI is InChI=1S/C13H17N3O2/c1-4-8-5-9(12(17)11(6-8)18-3)10-7-15-16(2)13(10)14/h5-7,17H,4,14H2,1-3H3. The van der Waals surface area contributed by atoms with Crippen LogP contribution in [0.5, 0.6) is 11.5 Å². The second kappa shape index (κ2) is 4.60. The molecule has 0 bridgehead atoms. The lowest BCUT2D eigenvalue weighted by Crippen LogP contribution is -1.98. The SMILES string of the molecule is CCc1cc(OC)c(O)c(-c2cnn(C)c2N)c1. The van der Waals surface area contributed by atoms with Crippen LogP contribution in [0.1, 0.15) is 12.5 Å². The molecule has 1 aromatic carbocycles. The van der Waals surface area contributed by atoms with Gasteiger partial charge in [0.25, 0.3) is 0 Å². The Kier molecular flexibility index (Phi) is 3.14. The van der Waals surface area contributed by atoms with Crippen molar-refractivity contribution in [1.82, 2.24) is 9.78 Å². The van der Waals surface area contributed by atoms with Crippen molar-refractivity contribution >= 4 is 5.82 Å². The van der Waals surface area contributed by atoms with E-state index in [2.05, 4.69) is 5.10 Å². The van der Waals surface area contributed by atoms with Crippen LogP contribution in [0.4, 0.5) is 5.82 Å². The molecule has 0 fully saturated rings. The Morgan fingerprint density at radius 1 is 1.39 bits per heavy atom. The molecule has 0 spiro atoms. The number of hydrogen-bond acceptors (Lipinski definition) is 4. The number of phenols is 1. The van der Waals surface area contributed by atoms with E-state index < -0.39 is 0 Å². The summed E-state index contributed by atoms with van der Waals surface area (Å²) in [6, 6.07) is 3.73. The third kappa shape index (κ3) is 1.88. The highest BCUT2D eigenvalue weighted by molar-refractivity contribution is 5.80. The lowest BCUT2D eigenvalue weighted by atomic mass is 10.0. The van der Waals surface area contributed by atoms with Gasteiger partial charge < -0.3 is 15.6 Å². The minimum Gasteiger partial charge on any atom is -0.504 e. The fourth-order valence-corrected chi connectivity index (χ4v) is 1.88. The lowest BCUT2D eigenvalue weighted by Gasteiger charge is -2.11. The van der Waals surface area contributed by atoms with Crippen LogP contribution >= 0.6 is 0 Å². The molecule has 18 heavy (non-hydrogen) atoms. The van der Waals surface area contributed by atoms with Crippen molar-refractivity contribution in [2.75, 3.05) is 12.8 Å². The molecule has 0 amide bonds. The molecule has 0 unspecified atom stereocenters. The van der Waals surface area contributed by atoms with E-state index in [1.54, 1.807) is 17.9 Å². The van der Waals surface area contributed by atoms with E-state index in [0.29, 0.717) is 22.7 Å². The molecule has 2 aromatic rings. The van der Waals surface area contributed by atoms with Gasteiger partial charge in [0.15, 0.2) is 11.5 Å². The fourth-order valence-electron chi connectivity index (χ4n) is 1.88. The maximum absolute atomic E-state index is 10.2. The van der Waals surface area contributed by atoms with E-state index in [1.807, 2.05) is 19.1 Å². The van der Waals surface area contributed by atoms with E-state index in [9.17, 15) is 5.11 Å². The fraction of sp³-hybridized carbons (Fsp3) is 0.308. The number of nitrogen functional groups attached to an aromatic ring is 1. The molecule has 5 nitrogen and oxygen atoms in total. The van der Waals surface area contributed by atoms with Gasteiger partial charge in [-0.05, 0) is 24.1 Å². The molecule has 1 heterocycles.